The molecule has 10 heteroatoms. The number of benzene rings is 2. The molecule has 1 aromatic heterocycles. The van der Waals surface area contributed by atoms with E-state index < -0.39 is 4.92 Å². The van der Waals surface area contributed by atoms with E-state index in [2.05, 4.69) is 24.2 Å². The normalized spacial score (nSPS) is 14.1. The highest BCUT2D eigenvalue weighted by molar-refractivity contribution is 7.07. The zero-order valence-corrected chi connectivity index (χ0v) is 20.0. The van der Waals surface area contributed by atoms with Crippen molar-refractivity contribution in [3.8, 4) is 17.0 Å². The molecule has 2 aromatic carbocycles. The Morgan fingerprint density at radius 1 is 1.29 bits per heavy atom. The summed E-state index contributed by atoms with van der Waals surface area (Å²) >= 11 is 1.34. The molecule has 4 rings (SSSR count). The van der Waals surface area contributed by atoms with Crippen molar-refractivity contribution < 1.29 is 14.5 Å². The topological polar surface area (TPSA) is 111 Å². The lowest BCUT2D eigenvalue weighted by atomic mass is 10.1. The molecule has 2 heterocycles. The standard InChI is InChI=1S/C24H25N5O4S/c1-15(2)8-9-16(3)27-28-21(17-10-11-22-19(12-17)25-23(30)13-33-22)14-34-24(28)26-18-6-4-5-7-20(18)29(31)32/h4-7,10-12,14-15H,8-9,13H2,1-3H3,(H,25,30). The number of fused-ring (bicyclic) bond motifs is 1. The van der Waals surface area contributed by atoms with Crippen molar-refractivity contribution in [3.63, 3.8) is 0 Å². The molecular weight excluding hydrogens is 454 g/mol. The van der Waals surface area contributed by atoms with Crippen LogP contribution in [0.15, 0.2) is 57.9 Å². The second-order valence-electron chi connectivity index (χ2n) is 8.39. The number of anilines is 1. The van der Waals surface area contributed by atoms with E-state index in [1.807, 2.05) is 24.4 Å². The Balaban J connectivity index is 1.85. The quantitative estimate of drug-likeness (QED) is 0.280. The molecule has 1 N–H and O–H groups in total. The number of nitrogens with one attached hydrogen (secondary N) is 1. The zero-order valence-electron chi connectivity index (χ0n) is 19.1. The summed E-state index contributed by atoms with van der Waals surface area (Å²) in [5.41, 5.74) is 3.27. The smallest absolute Gasteiger partial charge is 0.294 e. The van der Waals surface area contributed by atoms with Crippen LogP contribution < -0.4 is 14.9 Å². The maximum atomic E-state index is 11.8. The zero-order chi connectivity index (χ0) is 24.2. The van der Waals surface area contributed by atoms with Crippen LogP contribution in [0.25, 0.3) is 11.3 Å². The third-order valence-electron chi connectivity index (χ3n) is 5.24. The number of nitrogens with zero attached hydrogens (tertiary/aromatic N) is 4. The predicted molar refractivity (Wildman–Crippen MR) is 133 cm³/mol. The summed E-state index contributed by atoms with van der Waals surface area (Å²) in [5.74, 6) is 0.932. The van der Waals surface area contributed by atoms with Crippen LogP contribution >= 0.6 is 11.3 Å². The molecule has 0 unspecified atom stereocenters. The molecule has 0 fully saturated rings. The number of rotatable bonds is 7. The Bertz CT molecular complexity index is 1340. The molecule has 9 nitrogen and oxygen atoms in total. The Hall–Kier alpha value is -3.79. The van der Waals surface area contributed by atoms with Crippen LogP contribution in [0.5, 0.6) is 5.75 Å². The van der Waals surface area contributed by atoms with Crippen LogP contribution in [0, 0.1) is 16.0 Å². The fraction of sp³-hybridized carbons (Fsp3) is 0.292. The number of nitro benzene ring substituents is 1. The third kappa shape index (κ3) is 5.23. The molecule has 0 aliphatic carbocycles. The average molecular weight is 480 g/mol. The first kappa shape index (κ1) is 23.4. The summed E-state index contributed by atoms with van der Waals surface area (Å²) < 4.78 is 7.18. The molecule has 3 aromatic rings. The Kier molecular flexibility index (Phi) is 6.87. The van der Waals surface area contributed by atoms with E-state index in [4.69, 9.17) is 9.84 Å². The van der Waals surface area contributed by atoms with Crippen molar-refractivity contribution in [3.05, 3.63) is 62.8 Å². The first-order chi connectivity index (χ1) is 16.3. The predicted octanol–water partition coefficient (Wildman–Crippen LogP) is 5.35. The van der Waals surface area contributed by atoms with E-state index >= 15 is 0 Å². The molecule has 1 aliphatic rings. The van der Waals surface area contributed by atoms with Gasteiger partial charge in [-0.05, 0) is 49.9 Å². The molecule has 0 bridgehead atoms. The summed E-state index contributed by atoms with van der Waals surface area (Å²) in [6, 6.07) is 11.9. The molecule has 1 aliphatic heterocycles. The third-order valence-corrected chi connectivity index (χ3v) is 6.06. The second kappa shape index (κ2) is 10.0. The van der Waals surface area contributed by atoms with E-state index in [0.29, 0.717) is 22.2 Å². The maximum Gasteiger partial charge on any atom is 0.294 e. The number of amides is 1. The molecule has 1 amide bonds. The number of carbonyl (C=O) groups is 1. The molecule has 176 valence electrons. The molecule has 0 spiro atoms. The highest BCUT2D eigenvalue weighted by Gasteiger charge is 2.18. The Morgan fingerprint density at radius 2 is 2.09 bits per heavy atom. The van der Waals surface area contributed by atoms with Crippen molar-refractivity contribution in [1.29, 1.82) is 0 Å². The number of hydrogen-bond donors (Lipinski definition) is 1. The number of ether oxygens (including phenoxy) is 1. The molecule has 34 heavy (non-hydrogen) atoms. The minimum atomic E-state index is -0.443. The van der Waals surface area contributed by atoms with Crippen molar-refractivity contribution in [2.45, 2.75) is 33.6 Å². The lowest BCUT2D eigenvalue weighted by molar-refractivity contribution is -0.384. The van der Waals surface area contributed by atoms with E-state index in [1.165, 1.54) is 17.4 Å². The summed E-state index contributed by atoms with van der Waals surface area (Å²) in [6.07, 6.45) is 1.81. The van der Waals surface area contributed by atoms with Gasteiger partial charge in [0.15, 0.2) is 6.61 Å². The van der Waals surface area contributed by atoms with E-state index in [1.54, 1.807) is 28.9 Å². The van der Waals surface area contributed by atoms with Crippen LogP contribution in [-0.4, -0.2) is 27.8 Å². The summed E-state index contributed by atoms with van der Waals surface area (Å²) in [5, 5.41) is 21.0. The summed E-state index contributed by atoms with van der Waals surface area (Å²) in [7, 11) is 0. The molecule has 0 saturated carbocycles. The maximum absolute atomic E-state index is 11.8. The highest BCUT2D eigenvalue weighted by Crippen LogP contribution is 2.33. The summed E-state index contributed by atoms with van der Waals surface area (Å²) in [6.45, 7) is 6.28. The number of aromatic nitrogens is 1. The van der Waals surface area contributed by atoms with Crippen LogP contribution in [0.2, 0.25) is 0 Å². The number of thiazole rings is 1. The van der Waals surface area contributed by atoms with Crippen molar-refractivity contribution in [1.82, 2.24) is 4.68 Å². The second-order valence-corrected chi connectivity index (χ2v) is 9.23. The van der Waals surface area contributed by atoms with Gasteiger partial charge in [-0.1, -0.05) is 26.0 Å². The van der Waals surface area contributed by atoms with Crippen molar-refractivity contribution in [2.24, 2.45) is 16.0 Å². The van der Waals surface area contributed by atoms with Gasteiger partial charge in [0.1, 0.15) is 11.4 Å². The highest BCUT2D eigenvalue weighted by atomic mass is 32.1. The first-order valence-corrected chi connectivity index (χ1v) is 11.8. The number of nitro groups is 1. The van der Waals surface area contributed by atoms with Gasteiger partial charge < -0.3 is 10.1 Å². The Labute approximate surface area is 200 Å². The molecule has 0 atom stereocenters. The van der Waals surface area contributed by atoms with Crippen LogP contribution in [0.4, 0.5) is 17.1 Å². The van der Waals surface area contributed by atoms with Gasteiger partial charge in [0.2, 0.25) is 4.80 Å². The van der Waals surface area contributed by atoms with E-state index in [-0.39, 0.29) is 23.9 Å². The monoisotopic (exact) mass is 479 g/mol. The van der Waals surface area contributed by atoms with Gasteiger partial charge in [-0.3, -0.25) is 14.9 Å². The number of carbonyl (C=O) groups excluding carboxylic acids is 1. The lowest BCUT2D eigenvalue weighted by Gasteiger charge is -2.18. The van der Waals surface area contributed by atoms with Gasteiger partial charge in [-0.2, -0.15) is 5.10 Å². The van der Waals surface area contributed by atoms with Crippen molar-refractivity contribution >= 4 is 40.0 Å². The molecular formula is C24H25N5O4S. The average Bonchev–Trinajstić information content (AvgIpc) is 3.19. The molecule has 0 saturated heterocycles. The van der Waals surface area contributed by atoms with Gasteiger partial charge in [0, 0.05) is 22.7 Å². The van der Waals surface area contributed by atoms with Gasteiger partial charge in [0.05, 0.1) is 16.3 Å². The van der Waals surface area contributed by atoms with E-state index in [9.17, 15) is 14.9 Å². The van der Waals surface area contributed by atoms with Crippen LogP contribution in [0.3, 0.4) is 0 Å². The van der Waals surface area contributed by atoms with Gasteiger partial charge in [-0.15, -0.1) is 11.3 Å². The first-order valence-electron chi connectivity index (χ1n) is 10.9. The van der Waals surface area contributed by atoms with Gasteiger partial charge >= 0.3 is 0 Å². The Morgan fingerprint density at radius 3 is 2.85 bits per heavy atom. The fourth-order valence-electron chi connectivity index (χ4n) is 3.45. The fourth-order valence-corrected chi connectivity index (χ4v) is 4.29. The van der Waals surface area contributed by atoms with Gasteiger partial charge in [-0.25, -0.2) is 9.67 Å². The number of para-hydroxylation sites is 2. The van der Waals surface area contributed by atoms with Crippen LogP contribution in [0.1, 0.15) is 33.6 Å². The lowest BCUT2D eigenvalue weighted by Crippen LogP contribution is -2.25. The van der Waals surface area contributed by atoms with Gasteiger partial charge in [0.25, 0.3) is 11.6 Å². The van der Waals surface area contributed by atoms with Crippen molar-refractivity contribution in [2.75, 3.05) is 11.9 Å². The van der Waals surface area contributed by atoms with E-state index in [0.717, 1.165) is 29.8 Å². The number of hydrogen-bond acceptors (Lipinski definition) is 7. The minimum absolute atomic E-state index is 0.0109. The van der Waals surface area contributed by atoms with Crippen LogP contribution in [-0.2, 0) is 4.79 Å². The SMILES string of the molecule is CC(CCC(C)C)=Nn1c(-c2ccc3c(c2)NC(=O)CO3)csc1=Nc1ccccc1[N+](=O)[O-]. The summed E-state index contributed by atoms with van der Waals surface area (Å²) in [4.78, 5) is 27.9. The molecule has 0 radical (unpaired) electrons. The minimum Gasteiger partial charge on any atom is -0.482 e. The largest absolute Gasteiger partial charge is 0.482 e.